The number of hydrogen-bond donors (Lipinski definition) is 2. The van der Waals surface area contributed by atoms with Gasteiger partial charge in [0.25, 0.3) is 0 Å². The minimum Gasteiger partial charge on any atom is -0.496 e. The van der Waals surface area contributed by atoms with Gasteiger partial charge in [-0.15, -0.1) is 11.8 Å². The molecule has 0 aromatic heterocycles. The summed E-state index contributed by atoms with van der Waals surface area (Å²) in [5.41, 5.74) is 10.6. The van der Waals surface area contributed by atoms with E-state index < -0.39 is 5.97 Å². The van der Waals surface area contributed by atoms with Gasteiger partial charge in [-0.25, -0.2) is 4.79 Å². The second kappa shape index (κ2) is 12.0. The standard InChI is InChI=1S/C36H38N2O3S/c1-22-12-13-23(2)31(18-22)37-21-29-26(16-17-30-34(29)24(3)20-36(4,5)38-30)27-15-14-25(19-32(27)40-6)41-35(39)28-10-8-9-11-33(28)42-7/h8-20,37-38H,21H2,1-7H3. The number of fused-ring (bicyclic) bond motifs is 1. The van der Waals surface area contributed by atoms with E-state index in [1.165, 1.54) is 39.6 Å². The zero-order valence-corrected chi connectivity index (χ0v) is 26.2. The fourth-order valence-electron chi connectivity index (χ4n) is 5.68. The van der Waals surface area contributed by atoms with E-state index in [2.05, 4.69) is 81.7 Å². The number of benzene rings is 4. The summed E-state index contributed by atoms with van der Waals surface area (Å²) in [4.78, 5) is 13.9. The minimum atomic E-state index is -0.392. The number of carbonyl (C=O) groups excluding carboxylic acids is 1. The Labute approximate surface area is 253 Å². The van der Waals surface area contributed by atoms with Crippen molar-refractivity contribution in [1.82, 2.24) is 0 Å². The van der Waals surface area contributed by atoms with Gasteiger partial charge in [-0.2, -0.15) is 0 Å². The molecule has 2 N–H and O–H groups in total. The zero-order valence-electron chi connectivity index (χ0n) is 25.3. The van der Waals surface area contributed by atoms with E-state index in [1.54, 1.807) is 19.2 Å². The van der Waals surface area contributed by atoms with Crippen LogP contribution in [0.4, 0.5) is 11.4 Å². The van der Waals surface area contributed by atoms with Gasteiger partial charge in [0.05, 0.1) is 18.2 Å². The number of ether oxygens (including phenoxy) is 2. The molecule has 0 unspecified atom stereocenters. The van der Waals surface area contributed by atoms with Crippen LogP contribution in [0.25, 0.3) is 16.7 Å². The van der Waals surface area contributed by atoms with Crippen molar-refractivity contribution in [2.75, 3.05) is 24.0 Å². The van der Waals surface area contributed by atoms with Crippen molar-refractivity contribution < 1.29 is 14.3 Å². The number of esters is 1. The average molecular weight is 579 g/mol. The van der Waals surface area contributed by atoms with Crippen LogP contribution in [-0.2, 0) is 6.54 Å². The molecular formula is C36H38N2O3S. The van der Waals surface area contributed by atoms with Crippen molar-refractivity contribution in [3.05, 3.63) is 107 Å². The summed E-state index contributed by atoms with van der Waals surface area (Å²) < 4.78 is 11.7. The molecule has 0 aliphatic carbocycles. The van der Waals surface area contributed by atoms with Gasteiger partial charge in [0.2, 0.25) is 0 Å². The van der Waals surface area contributed by atoms with Crippen LogP contribution in [0.5, 0.6) is 11.5 Å². The van der Waals surface area contributed by atoms with Crippen molar-refractivity contribution in [1.29, 1.82) is 0 Å². The molecule has 5 rings (SSSR count). The second-order valence-electron chi connectivity index (χ2n) is 11.3. The Balaban J connectivity index is 1.56. The van der Waals surface area contributed by atoms with Gasteiger partial charge < -0.3 is 20.1 Å². The summed E-state index contributed by atoms with van der Waals surface area (Å²) in [6, 6.07) is 23.8. The lowest BCUT2D eigenvalue weighted by Crippen LogP contribution is -2.32. The SMILES string of the molecule is COc1cc(OC(=O)c2ccccc2SC)ccc1-c1ccc2c(c1CNc1cc(C)ccc1C)C(C)=CC(C)(C)N2. The number of methoxy groups -OCH3 is 1. The van der Waals surface area contributed by atoms with Crippen LogP contribution in [0.1, 0.15) is 53.4 Å². The van der Waals surface area contributed by atoms with E-state index in [9.17, 15) is 4.79 Å². The van der Waals surface area contributed by atoms with E-state index >= 15 is 0 Å². The van der Waals surface area contributed by atoms with E-state index in [0.717, 1.165) is 27.4 Å². The maximum atomic E-state index is 13.0. The molecule has 4 aromatic rings. The Morgan fingerprint density at radius 1 is 0.952 bits per heavy atom. The molecule has 0 radical (unpaired) electrons. The summed E-state index contributed by atoms with van der Waals surface area (Å²) in [5, 5.41) is 7.40. The molecule has 0 atom stereocenters. The van der Waals surface area contributed by atoms with Crippen molar-refractivity contribution >= 4 is 34.7 Å². The minimum absolute atomic E-state index is 0.144. The summed E-state index contributed by atoms with van der Waals surface area (Å²) in [7, 11) is 1.65. The number of carbonyl (C=O) groups is 1. The fraction of sp³-hybridized carbons (Fsp3) is 0.250. The molecule has 1 heterocycles. The number of aryl methyl sites for hydroxylation is 2. The van der Waals surface area contributed by atoms with Crippen LogP contribution in [0.2, 0.25) is 0 Å². The number of rotatable bonds is 8. The first kappa shape index (κ1) is 29.3. The van der Waals surface area contributed by atoms with Crippen LogP contribution in [0.3, 0.4) is 0 Å². The molecule has 0 amide bonds. The van der Waals surface area contributed by atoms with Gasteiger partial charge in [-0.1, -0.05) is 36.4 Å². The van der Waals surface area contributed by atoms with E-state index in [1.807, 2.05) is 36.6 Å². The van der Waals surface area contributed by atoms with Gasteiger partial charge in [0.1, 0.15) is 11.5 Å². The number of allylic oxidation sites excluding steroid dienone is 1. The molecule has 0 saturated heterocycles. The first-order valence-electron chi connectivity index (χ1n) is 14.1. The Hall–Kier alpha value is -4.16. The molecular weight excluding hydrogens is 540 g/mol. The molecule has 0 spiro atoms. The average Bonchev–Trinajstić information content (AvgIpc) is 2.96. The Morgan fingerprint density at radius 2 is 1.71 bits per heavy atom. The predicted octanol–water partition coefficient (Wildman–Crippen LogP) is 9.14. The lowest BCUT2D eigenvalue weighted by Gasteiger charge is -2.33. The van der Waals surface area contributed by atoms with Crippen molar-refractivity contribution in [2.45, 2.75) is 51.6 Å². The molecule has 6 heteroatoms. The van der Waals surface area contributed by atoms with Gasteiger partial charge in [-0.3, -0.25) is 0 Å². The maximum absolute atomic E-state index is 13.0. The van der Waals surface area contributed by atoms with E-state index in [-0.39, 0.29) is 5.54 Å². The first-order chi connectivity index (χ1) is 20.1. The van der Waals surface area contributed by atoms with Crippen LogP contribution in [-0.4, -0.2) is 24.9 Å². The summed E-state index contributed by atoms with van der Waals surface area (Å²) >= 11 is 1.52. The zero-order chi connectivity index (χ0) is 30.0. The van der Waals surface area contributed by atoms with E-state index in [4.69, 9.17) is 9.47 Å². The number of anilines is 2. The van der Waals surface area contributed by atoms with Crippen LogP contribution in [0.15, 0.2) is 83.8 Å². The van der Waals surface area contributed by atoms with Gasteiger partial charge in [0, 0.05) is 40.0 Å². The Kier molecular flexibility index (Phi) is 8.37. The predicted molar refractivity (Wildman–Crippen MR) is 176 cm³/mol. The summed E-state index contributed by atoms with van der Waals surface area (Å²) in [5.74, 6) is 0.678. The number of nitrogens with one attached hydrogen (secondary N) is 2. The number of thioether (sulfide) groups is 1. The highest BCUT2D eigenvalue weighted by Gasteiger charge is 2.27. The molecule has 216 valence electrons. The molecule has 1 aliphatic rings. The lowest BCUT2D eigenvalue weighted by atomic mass is 9.85. The van der Waals surface area contributed by atoms with Crippen LogP contribution >= 0.6 is 11.8 Å². The third-order valence-electron chi connectivity index (χ3n) is 7.59. The molecule has 1 aliphatic heterocycles. The van der Waals surface area contributed by atoms with Gasteiger partial charge in [0.15, 0.2) is 0 Å². The quantitative estimate of drug-likeness (QED) is 0.124. The summed E-state index contributed by atoms with van der Waals surface area (Å²) in [6.45, 7) is 11.4. The van der Waals surface area contributed by atoms with Crippen molar-refractivity contribution in [3.63, 3.8) is 0 Å². The van der Waals surface area contributed by atoms with Gasteiger partial charge in [-0.05, 0) is 105 Å². The Morgan fingerprint density at radius 3 is 2.48 bits per heavy atom. The molecule has 42 heavy (non-hydrogen) atoms. The normalized spacial score (nSPS) is 13.5. The topological polar surface area (TPSA) is 59.6 Å². The molecule has 4 aromatic carbocycles. The lowest BCUT2D eigenvalue weighted by molar-refractivity contribution is 0.0731. The second-order valence-corrected chi connectivity index (χ2v) is 12.2. The largest absolute Gasteiger partial charge is 0.496 e. The van der Waals surface area contributed by atoms with Gasteiger partial charge >= 0.3 is 5.97 Å². The molecule has 0 fully saturated rings. The van der Waals surface area contributed by atoms with Crippen LogP contribution < -0.4 is 20.1 Å². The van der Waals surface area contributed by atoms with Crippen LogP contribution in [0, 0.1) is 13.8 Å². The monoisotopic (exact) mass is 578 g/mol. The smallest absolute Gasteiger partial charge is 0.344 e. The highest BCUT2D eigenvalue weighted by molar-refractivity contribution is 7.98. The Bertz CT molecular complexity index is 1690. The maximum Gasteiger partial charge on any atom is 0.344 e. The van der Waals surface area contributed by atoms with E-state index in [0.29, 0.717) is 23.6 Å². The molecule has 0 bridgehead atoms. The van der Waals surface area contributed by atoms with Crippen molar-refractivity contribution in [2.24, 2.45) is 0 Å². The first-order valence-corrected chi connectivity index (χ1v) is 15.3. The third-order valence-corrected chi connectivity index (χ3v) is 8.39. The fourth-order valence-corrected chi connectivity index (χ4v) is 6.26. The molecule has 0 saturated carbocycles. The summed E-state index contributed by atoms with van der Waals surface area (Å²) in [6.07, 6.45) is 4.23. The molecule has 5 nitrogen and oxygen atoms in total. The van der Waals surface area contributed by atoms with Crippen molar-refractivity contribution in [3.8, 4) is 22.6 Å². The number of hydrogen-bond acceptors (Lipinski definition) is 6. The highest BCUT2D eigenvalue weighted by Crippen LogP contribution is 2.43. The highest BCUT2D eigenvalue weighted by atomic mass is 32.2. The third kappa shape index (κ3) is 6.04.